The molecule has 106 valence electrons. The zero-order valence-corrected chi connectivity index (χ0v) is 11.8. The first kappa shape index (κ1) is 14.3. The highest BCUT2D eigenvalue weighted by Gasteiger charge is 2.26. The number of halogens is 1. The smallest absolute Gasteiger partial charge is 0.127 e. The molecular weight excluding hydrogens is 241 g/mol. The Hall–Kier alpha value is -1.09. The fourth-order valence-electron chi connectivity index (χ4n) is 3.20. The second kappa shape index (κ2) is 6.38. The molecule has 0 heterocycles. The van der Waals surface area contributed by atoms with Crippen LogP contribution in [0.15, 0.2) is 18.2 Å². The Labute approximate surface area is 115 Å². The first-order valence-electron chi connectivity index (χ1n) is 7.28. The minimum Gasteiger partial charge on any atom is -0.508 e. The van der Waals surface area contributed by atoms with E-state index in [0.717, 1.165) is 11.6 Å². The van der Waals surface area contributed by atoms with Crippen LogP contribution in [0.1, 0.15) is 45.1 Å². The van der Waals surface area contributed by atoms with Gasteiger partial charge < -0.3 is 10.4 Å². The van der Waals surface area contributed by atoms with Crippen molar-refractivity contribution in [2.75, 3.05) is 0 Å². The summed E-state index contributed by atoms with van der Waals surface area (Å²) in [6.07, 6.45) is 5.07. The van der Waals surface area contributed by atoms with E-state index in [1.54, 1.807) is 6.07 Å². The van der Waals surface area contributed by atoms with Gasteiger partial charge in [0.1, 0.15) is 11.6 Å². The highest BCUT2D eigenvalue weighted by Crippen LogP contribution is 2.30. The monoisotopic (exact) mass is 265 g/mol. The second-order valence-electron chi connectivity index (χ2n) is 6.00. The molecule has 2 unspecified atom stereocenters. The van der Waals surface area contributed by atoms with Crippen molar-refractivity contribution in [3.05, 3.63) is 29.6 Å². The SMILES string of the molecule is CC(C)C1CCCCC1NCc1cc(O)cc(F)c1. The fourth-order valence-corrected chi connectivity index (χ4v) is 3.20. The molecule has 0 aliphatic heterocycles. The van der Waals surface area contributed by atoms with Crippen molar-refractivity contribution in [1.29, 1.82) is 0 Å². The summed E-state index contributed by atoms with van der Waals surface area (Å²) in [6.45, 7) is 5.18. The van der Waals surface area contributed by atoms with Crippen LogP contribution in [0.3, 0.4) is 0 Å². The maximum absolute atomic E-state index is 13.2. The molecule has 0 aromatic heterocycles. The molecule has 1 aliphatic rings. The predicted molar refractivity (Wildman–Crippen MR) is 75.5 cm³/mol. The largest absolute Gasteiger partial charge is 0.508 e. The first-order chi connectivity index (χ1) is 9.06. The van der Waals surface area contributed by atoms with Gasteiger partial charge in [-0.1, -0.05) is 26.7 Å². The van der Waals surface area contributed by atoms with Crippen molar-refractivity contribution in [3.8, 4) is 5.75 Å². The third-order valence-electron chi connectivity index (χ3n) is 4.19. The van der Waals surface area contributed by atoms with Crippen LogP contribution >= 0.6 is 0 Å². The van der Waals surface area contributed by atoms with Gasteiger partial charge in [0.05, 0.1) is 0 Å². The van der Waals surface area contributed by atoms with Crippen LogP contribution in [0.4, 0.5) is 4.39 Å². The van der Waals surface area contributed by atoms with Crippen molar-refractivity contribution in [1.82, 2.24) is 5.32 Å². The lowest BCUT2D eigenvalue weighted by atomic mass is 9.78. The number of benzene rings is 1. The molecule has 19 heavy (non-hydrogen) atoms. The molecule has 1 saturated carbocycles. The average molecular weight is 265 g/mol. The number of phenolic OH excluding ortho intramolecular Hbond substituents is 1. The molecule has 1 fully saturated rings. The summed E-state index contributed by atoms with van der Waals surface area (Å²) < 4.78 is 13.2. The van der Waals surface area contributed by atoms with Crippen LogP contribution in [-0.2, 0) is 6.54 Å². The minimum atomic E-state index is -0.374. The van der Waals surface area contributed by atoms with Crippen LogP contribution in [0.5, 0.6) is 5.75 Å². The number of phenols is 1. The lowest BCUT2D eigenvalue weighted by Crippen LogP contribution is -2.40. The number of nitrogens with one attached hydrogen (secondary N) is 1. The highest BCUT2D eigenvalue weighted by molar-refractivity contribution is 5.28. The van der Waals surface area contributed by atoms with Gasteiger partial charge in [-0.15, -0.1) is 0 Å². The molecule has 0 saturated heterocycles. The average Bonchev–Trinajstić information content (AvgIpc) is 2.35. The van der Waals surface area contributed by atoms with E-state index in [-0.39, 0.29) is 11.6 Å². The third-order valence-corrected chi connectivity index (χ3v) is 4.19. The Kier molecular flexibility index (Phi) is 4.81. The molecule has 1 aromatic carbocycles. The van der Waals surface area contributed by atoms with Gasteiger partial charge in [0.2, 0.25) is 0 Å². The zero-order valence-electron chi connectivity index (χ0n) is 11.8. The Morgan fingerprint density at radius 3 is 2.68 bits per heavy atom. The number of aromatic hydroxyl groups is 1. The van der Waals surface area contributed by atoms with Gasteiger partial charge in [-0.05, 0) is 42.4 Å². The molecule has 2 atom stereocenters. The van der Waals surface area contributed by atoms with E-state index < -0.39 is 0 Å². The van der Waals surface area contributed by atoms with Crippen LogP contribution in [0, 0.1) is 17.7 Å². The van der Waals surface area contributed by atoms with E-state index in [9.17, 15) is 9.50 Å². The maximum Gasteiger partial charge on any atom is 0.127 e. The Balaban J connectivity index is 1.96. The van der Waals surface area contributed by atoms with Crippen LogP contribution in [0.25, 0.3) is 0 Å². The summed E-state index contributed by atoms with van der Waals surface area (Å²) >= 11 is 0. The van der Waals surface area contributed by atoms with Gasteiger partial charge in [0, 0.05) is 18.7 Å². The molecule has 0 bridgehead atoms. The number of hydrogen-bond donors (Lipinski definition) is 2. The first-order valence-corrected chi connectivity index (χ1v) is 7.28. The van der Waals surface area contributed by atoms with E-state index in [2.05, 4.69) is 19.2 Å². The molecular formula is C16H24FNO. The topological polar surface area (TPSA) is 32.3 Å². The molecule has 0 spiro atoms. The molecule has 0 radical (unpaired) electrons. The molecule has 2 nitrogen and oxygen atoms in total. The van der Waals surface area contributed by atoms with E-state index >= 15 is 0 Å². The summed E-state index contributed by atoms with van der Waals surface area (Å²) in [5.74, 6) is 1.01. The van der Waals surface area contributed by atoms with E-state index in [4.69, 9.17) is 0 Å². The van der Waals surface area contributed by atoms with Crippen molar-refractivity contribution in [2.45, 2.75) is 52.1 Å². The van der Waals surface area contributed by atoms with Crippen LogP contribution in [0.2, 0.25) is 0 Å². The minimum absolute atomic E-state index is 0.000791. The standard InChI is InChI=1S/C16H24FNO/c1-11(2)15-5-3-4-6-16(15)18-10-12-7-13(17)9-14(19)8-12/h7-9,11,15-16,18-19H,3-6,10H2,1-2H3. The molecule has 3 heteroatoms. The van der Waals surface area contributed by atoms with Crippen molar-refractivity contribution in [2.24, 2.45) is 11.8 Å². The molecule has 2 N–H and O–H groups in total. The van der Waals surface area contributed by atoms with Gasteiger partial charge in [-0.2, -0.15) is 0 Å². The molecule has 0 amide bonds. The van der Waals surface area contributed by atoms with Crippen LogP contribution in [-0.4, -0.2) is 11.1 Å². The fraction of sp³-hybridized carbons (Fsp3) is 0.625. The van der Waals surface area contributed by atoms with Crippen molar-refractivity contribution >= 4 is 0 Å². The van der Waals surface area contributed by atoms with Crippen molar-refractivity contribution in [3.63, 3.8) is 0 Å². The quantitative estimate of drug-likeness (QED) is 0.867. The van der Waals surface area contributed by atoms with Crippen LogP contribution < -0.4 is 5.32 Å². The van der Waals surface area contributed by atoms with E-state index in [1.807, 2.05) is 0 Å². The van der Waals surface area contributed by atoms with Crippen molar-refractivity contribution < 1.29 is 9.50 Å². The highest BCUT2D eigenvalue weighted by atomic mass is 19.1. The summed E-state index contributed by atoms with van der Waals surface area (Å²) in [5.41, 5.74) is 0.811. The molecule has 1 aromatic rings. The Morgan fingerprint density at radius 2 is 2.00 bits per heavy atom. The van der Waals surface area contributed by atoms with E-state index in [1.165, 1.54) is 31.7 Å². The van der Waals surface area contributed by atoms with Gasteiger partial charge >= 0.3 is 0 Å². The van der Waals surface area contributed by atoms with Gasteiger partial charge in [0.15, 0.2) is 0 Å². The van der Waals surface area contributed by atoms with Gasteiger partial charge in [-0.3, -0.25) is 0 Å². The summed E-state index contributed by atoms with van der Waals surface area (Å²) in [5, 5.41) is 12.9. The predicted octanol–water partition coefficient (Wildman–Crippen LogP) is 3.84. The van der Waals surface area contributed by atoms with E-state index in [0.29, 0.717) is 24.4 Å². The third kappa shape index (κ3) is 3.93. The summed E-state index contributed by atoms with van der Waals surface area (Å²) in [6, 6.07) is 4.77. The van der Waals surface area contributed by atoms with Gasteiger partial charge in [0.25, 0.3) is 0 Å². The summed E-state index contributed by atoms with van der Waals surface area (Å²) in [4.78, 5) is 0. The van der Waals surface area contributed by atoms with Gasteiger partial charge in [-0.25, -0.2) is 4.39 Å². The summed E-state index contributed by atoms with van der Waals surface area (Å²) in [7, 11) is 0. The maximum atomic E-state index is 13.2. The zero-order chi connectivity index (χ0) is 13.8. The lowest BCUT2D eigenvalue weighted by Gasteiger charge is -2.35. The molecule has 2 rings (SSSR count). The number of hydrogen-bond acceptors (Lipinski definition) is 2. The number of rotatable bonds is 4. The normalized spacial score (nSPS) is 23.8. The second-order valence-corrected chi connectivity index (χ2v) is 6.00. The molecule has 1 aliphatic carbocycles. The lowest BCUT2D eigenvalue weighted by molar-refractivity contribution is 0.204. The Morgan fingerprint density at radius 1 is 1.26 bits per heavy atom. The Bertz CT molecular complexity index is 399.